The molecule has 5 atom stereocenters. The molecule has 0 radical (unpaired) electrons. The number of hydrogen-bond donors (Lipinski definition) is 2. The Kier molecular flexibility index (Phi) is 4.35. The van der Waals surface area contributed by atoms with Gasteiger partial charge in [-0.25, -0.2) is 0 Å². The molecule has 5 heteroatoms. The molecule has 0 aromatic heterocycles. The van der Waals surface area contributed by atoms with Crippen LogP contribution in [0.15, 0.2) is 22.7 Å². The Balaban J connectivity index is 1.57. The van der Waals surface area contributed by atoms with E-state index in [0.717, 1.165) is 62.9 Å². The number of hydrogen-bond acceptors (Lipinski definition) is 5. The van der Waals surface area contributed by atoms with E-state index in [1.54, 1.807) is 14.2 Å². The number of rotatable bonds is 2. The van der Waals surface area contributed by atoms with E-state index in [1.165, 1.54) is 5.57 Å². The molecule has 1 saturated heterocycles. The second-order valence-electron chi connectivity index (χ2n) is 7.83. The third-order valence-electron chi connectivity index (χ3n) is 6.83. The molecule has 2 heterocycles. The molecule has 134 valence electrons. The van der Waals surface area contributed by atoms with Crippen molar-refractivity contribution in [2.75, 3.05) is 27.3 Å². The highest BCUT2D eigenvalue weighted by atomic mass is 16.5. The molecule has 5 nitrogen and oxygen atoms in total. The van der Waals surface area contributed by atoms with E-state index in [-0.39, 0.29) is 12.2 Å². The van der Waals surface area contributed by atoms with Crippen LogP contribution in [0.4, 0.5) is 0 Å². The molecule has 24 heavy (non-hydrogen) atoms. The number of ether oxygens (including phenoxy) is 2. The third-order valence-corrected chi connectivity index (χ3v) is 6.83. The maximum Gasteiger partial charge on any atom is 0.157 e. The van der Waals surface area contributed by atoms with Gasteiger partial charge in [-0.1, -0.05) is 5.57 Å². The van der Waals surface area contributed by atoms with Gasteiger partial charge in [-0.15, -0.1) is 0 Å². The predicted octanol–water partition coefficient (Wildman–Crippen LogP) is 2.37. The van der Waals surface area contributed by atoms with Gasteiger partial charge in [0.25, 0.3) is 0 Å². The Labute approximate surface area is 143 Å². The maximum absolute atomic E-state index is 10.5. The first kappa shape index (κ1) is 16.4. The minimum absolute atomic E-state index is 0.00193. The van der Waals surface area contributed by atoms with Crippen molar-refractivity contribution in [3.8, 4) is 0 Å². The van der Waals surface area contributed by atoms with Crippen LogP contribution in [-0.4, -0.2) is 60.7 Å². The van der Waals surface area contributed by atoms with E-state index >= 15 is 0 Å². The van der Waals surface area contributed by atoms with Crippen molar-refractivity contribution < 1.29 is 19.7 Å². The first-order valence-electron chi connectivity index (χ1n) is 9.24. The molecular formula is C19H29NO4. The first-order chi connectivity index (χ1) is 11.6. The molecule has 2 aliphatic heterocycles. The van der Waals surface area contributed by atoms with Crippen LogP contribution in [0.5, 0.6) is 0 Å². The average molecular weight is 335 g/mol. The summed E-state index contributed by atoms with van der Waals surface area (Å²) in [6.45, 7) is 1.90. The summed E-state index contributed by atoms with van der Waals surface area (Å²) in [5, 5.41) is 20.9. The number of aliphatic hydroxyl groups is 2. The zero-order valence-corrected chi connectivity index (χ0v) is 14.7. The van der Waals surface area contributed by atoms with Crippen LogP contribution in [0.2, 0.25) is 0 Å². The predicted molar refractivity (Wildman–Crippen MR) is 90.5 cm³/mol. The molecule has 2 fully saturated rings. The summed E-state index contributed by atoms with van der Waals surface area (Å²) in [6.07, 6.45) is 5.48. The van der Waals surface area contributed by atoms with Gasteiger partial charge in [-0.05, 0) is 50.5 Å². The fourth-order valence-electron chi connectivity index (χ4n) is 5.49. The Morgan fingerprint density at radius 1 is 1.17 bits per heavy atom. The number of fused-ring (bicyclic) bond motifs is 3. The van der Waals surface area contributed by atoms with Gasteiger partial charge >= 0.3 is 0 Å². The topological polar surface area (TPSA) is 62.2 Å². The Hall–Kier alpha value is -1.04. The first-order valence-corrected chi connectivity index (χ1v) is 9.24. The van der Waals surface area contributed by atoms with E-state index in [9.17, 15) is 10.2 Å². The van der Waals surface area contributed by atoms with Gasteiger partial charge in [0.2, 0.25) is 0 Å². The van der Waals surface area contributed by atoms with Crippen molar-refractivity contribution in [1.29, 1.82) is 0 Å². The van der Waals surface area contributed by atoms with Crippen LogP contribution < -0.4 is 0 Å². The van der Waals surface area contributed by atoms with Crippen LogP contribution in [0, 0.1) is 11.8 Å². The lowest BCUT2D eigenvalue weighted by molar-refractivity contribution is -0.0999. The van der Waals surface area contributed by atoms with Crippen molar-refractivity contribution in [1.82, 2.24) is 4.90 Å². The number of aliphatic hydroxyl groups excluding tert-OH is 2. The Morgan fingerprint density at radius 2 is 2.00 bits per heavy atom. The maximum atomic E-state index is 10.5. The summed E-state index contributed by atoms with van der Waals surface area (Å²) >= 11 is 0. The van der Waals surface area contributed by atoms with Crippen LogP contribution in [0.1, 0.15) is 38.5 Å². The van der Waals surface area contributed by atoms with Gasteiger partial charge < -0.3 is 19.7 Å². The number of allylic oxidation sites excluding steroid dienone is 1. The highest BCUT2D eigenvalue weighted by molar-refractivity contribution is 5.40. The number of methoxy groups -OCH3 is 2. The van der Waals surface area contributed by atoms with E-state index in [4.69, 9.17) is 9.47 Å². The quantitative estimate of drug-likeness (QED) is 0.811. The summed E-state index contributed by atoms with van der Waals surface area (Å²) in [5.41, 5.74) is 2.50. The largest absolute Gasteiger partial charge is 0.504 e. The highest BCUT2D eigenvalue weighted by Crippen LogP contribution is 2.47. The van der Waals surface area contributed by atoms with Gasteiger partial charge in [0, 0.05) is 31.7 Å². The molecule has 2 N–H and O–H groups in total. The summed E-state index contributed by atoms with van der Waals surface area (Å²) in [4.78, 5) is 2.52. The Morgan fingerprint density at radius 3 is 2.75 bits per heavy atom. The van der Waals surface area contributed by atoms with Crippen LogP contribution in [-0.2, 0) is 9.47 Å². The lowest BCUT2D eigenvalue weighted by Crippen LogP contribution is -2.56. The van der Waals surface area contributed by atoms with Crippen LogP contribution in [0.25, 0.3) is 0 Å². The standard InChI is InChI=1S/C19H29NO4/c1-23-17-4-3-11-7-15-13-9-16(21)18(24-2)8-12(13)5-6-20(15)10-14(11)19(17)22/h12-13,15-16,18,21-22H,3-10H2,1-2H3/t12?,13?,15-,16?,18?/m0/s1. The normalized spacial score (nSPS) is 40.0. The molecular weight excluding hydrogens is 306 g/mol. The highest BCUT2D eigenvalue weighted by Gasteiger charge is 2.47. The van der Waals surface area contributed by atoms with E-state index in [2.05, 4.69) is 4.90 Å². The monoisotopic (exact) mass is 335 g/mol. The molecule has 4 rings (SSSR count). The van der Waals surface area contributed by atoms with E-state index < -0.39 is 0 Å². The van der Waals surface area contributed by atoms with Crippen molar-refractivity contribution in [3.63, 3.8) is 0 Å². The van der Waals surface area contributed by atoms with Gasteiger partial charge in [-0.3, -0.25) is 4.90 Å². The molecule has 0 aromatic rings. The molecule has 0 amide bonds. The second-order valence-corrected chi connectivity index (χ2v) is 7.83. The third kappa shape index (κ3) is 2.57. The summed E-state index contributed by atoms with van der Waals surface area (Å²) in [7, 11) is 3.36. The van der Waals surface area contributed by atoms with Gasteiger partial charge in [0.1, 0.15) is 5.76 Å². The zero-order valence-electron chi connectivity index (χ0n) is 14.7. The molecule has 1 saturated carbocycles. The summed E-state index contributed by atoms with van der Waals surface area (Å²) in [5.74, 6) is 2.31. The van der Waals surface area contributed by atoms with E-state index in [0.29, 0.717) is 23.6 Å². The van der Waals surface area contributed by atoms with Crippen LogP contribution >= 0.6 is 0 Å². The van der Waals surface area contributed by atoms with Crippen molar-refractivity contribution in [2.24, 2.45) is 11.8 Å². The molecule has 4 aliphatic rings. The molecule has 4 unspecified atom stereocenters. The number of piperidine rings is 1. The fraction of sp³-hybridized carbons (Fsp3) is 0.789. The van der Waals surface area contributed by atoms with Crippen molar-refractivity contribution in [2.45, 2.75) is 56.8 Å². The number of nitrogens with zero attached hydrogens (tertiary/aromatic N) is 1. The minimum Gasteiger partial charge on any atom is -0.504 e. The summed E-state index contributed by atoms with van der Waals surface area (Å²) < 4.78 is 10.8. The second kappa shape index (κ2) is 6.36. The molecule has 0 aromatic carbocycles. The molecule has 0 bridgehead atoms. The lowest BCUT2D eigenvalue weighted by Gasteiger charge is -2.52. The van der Waals surface area contributed by atoms with Gasteiger partial charge in [0.05, 0.1) is 19.3 Å². The Bertz CT molecular complexity index is 570. The SMILES string of the molecule is COC1=C(O)C2=C(CC1)C[C@H]1C3CC(O)C(OC)CC3CCN1C2. The molecule has 2 aliphatic carbocycles. The van der Waals surface area contributed by atoms with E-state index in [1.807, 2.05) is 0 Å². The average Bonchev–Trinajstić information content (AvgIpc) is 2.60. The van der Waals surface area contributed by atoms with Gasteiger partial charge in [-0.2, -0.15) is 0 Å². The molecule has 0 spiro atoms. The zero-order chi connectivity index (χ0) is 16.8. The fourth-order valence-corrected chi connectivity index (χ4v) is 5.49. The van der Waals surface area contributed by atoms with Gasteiger partial charge in [0.15, 0.2) is 5.76 Å². The van der Waals surface area contributed by atoms with Crippen LogP contribution in [0.3, 0.4) is 0 Å². The van der Waals surface area contributed by atoms with Crippen molar-refractivity contribution >= 4 is 0 Å². The smallest absolute Gasteiger partial charge is 0.157 e. The van der Waals surface area contributed by atoms with Crippen molar-refractivity contribution in [3.05, 3.63) is 22.7 Å². The lowest BCUT2D eigenvalue weighted by atomic mass is 9.66. The summed E-state index contributed by atoms with van der Waals surface area (Å²) in [6, 6.07) is 0.506. The minimum atomic E-state index is -0.341.